The number of carbonyl (C=O) groups excluding carboxylic acids is 1. The molecule has 0 radical (unpaired) electrons. The molecule has 1 heterocycles. The summed E-state index contributed by atoms with van der Waals surface area (Å²) >= 11 is 5.25. The molecule has 1 aliphatic rings. The van der Waals surface area contributed by atoms with Crippen LogP contribution in [0.4, 0.5) is 0 Å². The molecule has 1 saturated carbocycles. The Bertz CT molecular complexity index is 1110. The lowest BCUT2D eigenvalue weighted by atomic mass is 10.0. The van der Waals surface area contributed by atoms with Crippen LogP contribution in [0.1, 0.15) is 47.4 Å². The molecule has 4 rings (SSSR count). The fourth-order valence-electron chi connectivity index (χ4n) is 4.01. The molecule has 0 bridgehead atoms. The summed E-state index contributed by atoms with van der Waals surface area (Å²) in [7, 11) is 3.92. The minimum absolute atomic E-state index is 0.182. The van der Waals surface area contributed by atoms with Crippen molar-refractivity contribution in [3.63, 3.8) is 0 Å². The maximum absolute atomic E-state index is 13.2. The first-order valence-corrected chi connectivity index (χ1v) is 12.3. The van der Waals surface area contributed by atoms with Crippen molar-refractivity contribution < 1.29 is 14.6 Å². The van der Waals surface area contributed by atoms with E-state index in [1.807, 2.05) is 50.2 Å². The number of carbonyl (C=O) groups is 1. The van der Waals surface area contributed by atoms with E-state index < -0.39 is 0 Å². The normalized spacial score (nSPS) is 13.8. The highest BCUT2D eigenvalue weighted by atomic mass is 79.9. The van der Waals surface area contributed by atoms with Crippen LogP contribution >= 0.6 is 27.7 Å². The van der Waals surface area contributed by atoms with E-state index in [9.17, 15) is 9.90 Å². The Labute approximate surface area is 195 Å². The summed E-state index contributed by atoms with van der Waals surface area (Å²) in [5.74, 6) is 0.516. The van der Waals surface area contributed by atoms with Gasteiger partial charge in [-0.25, -0.2) is 4.79 Å². The zero-order chi connectivity index (χ0) is 22.1. The Morgan fingerprint density at radius 3 is 2.61 bits per heavy atom. The fourth-order valence-corrected chi connectivity index (χ4v) is 5.40. The number of aromatic nitrogens is 1. The van der Waals surface area contributed by atoms with Gasteiger partial charge in [0.15, 0.2) is 0 Å². The molecule has 3 aromatic rings. The highest BCUT2D eigenvalue weighted by Crippen LogP contribution is 2.47. The van der Waals surface area contributed by atoms with E-state index in [1.165, 1.54) is 0 Å². The average Bonchev–Trinajstić information content (AvgIpc) is 3.52. The van der Waals surface area contributed by atoms with Crippen molar-refractivity contribution in [2.75, 3.05) is 20.7 Å². The van der Waals surface area contributed by atoms with Gasteiger partial charge in [-0.3, -0.25) is 0 Å². The Hall–Kier alpha value is -1.96. The van der Waals surface area contributed by atoms with Crippen molar-refractivity contribution in [1.29, 1.82) is 0 Å². The SMILES string of the molecule is CCOC(=O)c1c(CSc2ccccc2)n(C2CC2)c2cc(Br)c(O)c(CN(C)C)c12. The molecule has 31 heavy (non-hydrogen) atoms. The zero-order valence-corrected chi connectivity index (χ0v) is 20.4. The van der Waals surface area contributed by atoms with E-state index in [0.29, 0.717) is 35.0 Å². The van der Waals surface area contributed by atoms with Crippen molar-refractivity contribution in [3.8, 4) is 5.75 Å². The number of esters is 1. The van der Waals surface area contributed by atoms with Gasteiger partial charge in [-0.05, 0) is 68.0 Å². The maximum Gasteiger partial charge on any atom is 0.340 e. The Morgan fingerprint density at radius 2 is 2.00 bits per heavy atom. The predicted octanol–water partition coefficient (Wildman–Crippen LogP) is 5.97. The van der Waals surface area contributed by atoms with Gasteiger partial charge in [0.25, 0.3) is 0 Å². The minimum Gasteiger partial charge on any atom is -0.506 e. The van der Waals surface area contributed by atoms with Gasteiger partial charge in [-0.1, -0.05) is 18.2 Å². The van der Waals surface area contributed by atoms with E-state index >= 15 is 0 Å². The topological polar surface area (TPSA) is 54.7 Å². The second kappa shape index (κ2) is 9.27. The third kappa shape index (κ3) is 4.49. The van der Waals surface area contributed by atoms with Crippen LogP contribution in [0.25, 0.3) is 10.9 Å². The number of halogens is 1. The Balaban J connectivity index is 1.96. The first-order chi connectivity index (χ1) is 14.9. The lowest BCUT2D eigenvalue weighted by Crippen LogP contribution is -2.13. The number of benzene rings is 2. The van der Waals surface area contributed by atoms with Crippen molar-refractivity contribution in [1.82, 2.24) is 9.47 Å². The molecule has 5 nitrogen and oxygen atoms in total. The average molecular weight is 503 g/mol. The Morgan fingerprint density at radius 1 is 1.29 bits per heavy atom. The smallest absolute Gasteiger partial charge is 0.340 e. The second-order valence-corrected chi connectivity index (χ2v) is 9.97. The molecule has 1 aliphatic carbocycles. The monoisotopic (exact) mass is 502 g/mol. The number of rotatable bonds is 8. The molecule has 1 fully saturated rings. The number of hydrogen-bond donors (Lipinski definition) is 1. The predicted molar refractivity (Wildman–Crippen MR) is 129 cm³/mol. The van der Waals surface area contributed by atoms with Gasteiger partial charge >= 0.3 is 5.97 Å². The molecule has 7 heteroatoms. The molecule has 0 amide bonds. The van der Waals surface area contributed by atoms with Crippen LogP contribution in [-0.2, 0) is 17.0 Å². The molecule has 1 aromatic heterocycles. The van der Waals surface area contributed by atoms with Crippen molar-refractivity contribution >= 4 is 44.6 Å². The lowest BCUT2D eigenvalue weighted by molar-refractivity contribution is 0.0527. The second-order valence-electron chi connectivity index (χ2n) is 8.06. The van der Waals surface area contributed by atoms with E-state index in [1.54, 1.807) is 11.8 Å². The van der Waals surface area contributed by atoms with E-state index in [4.69, 9.17) is 4.74 Å². The maximum atomic E-state index is 13.2. The van der Waals surface area contributed by atoms with Gasteiger partial charge in [-0.15, -0.1) is 11.8 Å². The summed E-state index contributed by atoms with van der Waals surface area (Å²) in [6, 6.07) is 12.5. The summed E-state index contributed by atoms with van der Waals surface area (Å²) in [6.45, 7) is 2.66. The largest absolute Gasteiger partial charge is 0.506 e. The first-order valence-electron chi connectivity index (χ1n) is 10.5. The molecular formula is C24H27BrN2O3S. The number of nitrogens with zero attached hydrogens (tertiary/aromatic N) is 2. The summed E-state index contributed by atoms with van der Waals surface area (Å²) < 4.78 is 8.46. The number of aromatic hydroxyl groups is 1. The van der Waals surface area contributed by atoms with Gasteiger partial charge in [0.2, 0.25) is 0 Å². The molecule has 164 valence electrons. The Kier molecular flexibility index (Phi) is 6.65. The highest BCUT2D eigenvalue weighted by Gasteiger charge is 2.34. The minimum atomic E-state index is -0.322. The van der Waals surface area contributed by atoms with Crippen LogP contribution < -0.4 is 0 Å². The van der Waals surface area contributed by atoms with Crippen LogP contribution in [-0.4, -0.2) is 41.2 Å². The van der Waals surface area contributed by atoms with Crippen molar-refractivity contribution in [2.45, 2.75) is 43.0 Å². The molecule has 0 saturated heterocycles. The van der Waals surface area contributed by atoms with Crippen LogP contribution in [0.3, 0.4) is 0 Å². The van der Waals surface area contributed by atoms with Gasteiger partial charge in [0.05, 0.1) is 22.2 Å². The summed E-state index contributed by atoms with van der Waals surface area (Å²) in [5.41, 5.74) is 3.30. The number of phenolic OH excluding ortho intramolecular Hbond substituents is 1. The highest BCUT2D eigenvalue weighted by molar-refractivity contribution is 9.10. The lowest BCUT2D eigenvalue weighted by Gasteiger charge is -2.15. The first kappa shape index (κ1) is 22.2. The third-order valence-corrected chi connectivity index (χ3v) is 7.03. The summed E-state index contributed by atoms with van der Waals surface area (Å²) in [5, 5.41) is 11.7. The van der Waals surface area contributed by atoms with Gasteiger partial charge in [0, 0.05) is 39.9 Å². The molecule has 0 spiro atoms. The number of fused-ring (bicyclic) bond motifs is 1. The van der Waals surface area contributed by atoms with Crippen LogP contribution in [0.2, 0.25) is 0 Å². The number of phenols is 1. The quantitative estimate of drug-likeness (QED) is 0.303. The zero-order valence-electron chi connectivity index (χ0n) is 18.0. The van der Waals surface area contributed by atoms with Crippen LogP contribution in [0.15, 0.2) is 45.8 Å². The van der Waals surface area contributed by atoms with E-state index in [-0.39, 0.29) is 11.7 Å². The number of thioether (sulfide) groups is 1. The molecular weight excluding hydrogens is 476 g/mol. The van der Waals surface area contributed by atoms with Gasteiger partial charge in [0.1, 0.15) is 5.75 Å². The van der Waals surface area contributed by atoms with E-state index in [2.05, 4.69) is 32.6 Å². The third-order valence-electron chi connectivity index (χ3n) is 5.41. The molecule has 0 atom stereocenters. The molecule has 0 unspecified atom stereocenters. The van der Waals surface area contributed by atoms with Gasteiger partial charge in [-0.2, -0.15) is 0 Å². The summed E-state index contributed by atoms with van der Waals surface area (Å²) in [6.07, 6.45) is 2.19. The van der Waals surface area contributed by atoms with Crippen molar-refractivity contribution in [2.24, 2.45) is 0 Å². The van der Waals surface area contributed by atoms with Crippen LogP contribution in [0, 0.1) is 0 Å². The van der Waals surface area contributed by atoms with Crippen molar-refractivity contribution in [3.05, 3.63) is 57.7 Å². The molecule has 0 aliphatic heterocycles. The summed E-state index contributed by atoms with van der Waals surface area (Å²) in [4.78, 5) is 16.4. The standard InChI is InChI=1S/C24H27BrN2O3S/c1-4-30-24(29)22-20(14-31-16-8-6-5-7-9-16)27(15-10-11-15)19-12-18(25)23(28)17(21(19)22)13-26(2)3/h5-9,12,15,28H,4,10-11,13-14H2,1-3H3. The number of hydrogen-bond acceptors (Lipinski definition) is 5. The van der Waals surface area contributed by atoms with E-state index in [0.717, 1.165) is 39.9 Å². The van der Waals surface area contributed by atoms with Crippen LogP contribution in [0.5, 0.6) is 5.75 Å². The van der Waals surface area contributed by atoms with Gasteiger partial charge < -0.3 is 19.3 Å². The molecule has 1 N–H and O–H groups in total. The molecule has 2 aromatic carbocycles. The fraction of sp³-hybridized carbons (Fsp3) is 0.375. The number of ether oxygens (including phenoxy) is 1.